The number of carbonyl (C=O) groups is 2. The Morgan fingerprint density at radius 1 is 1.00 bits per heavy atom. The van der Waals surface area contributed by atoms with Gasteiger partial charge in [-0.05, 0) is 18.3 Å². The van der Waals surface area contributed by atoms with Gasteiger partial charge in [0.2, 0.25) is 0 Å². The van der Waals surface area contributed by atoms with E-state index in [1.807, 2.05) is 0 Å². The molecule has 0 aromatic carbocycles. The highest BCUT2D eigenvalue weighted by Crippen LogP contribution is 2.27. The first kappa shape index (κ1) is 15.2. The summed E-state index contributed by atoms with van der Waals surface area (Å²) in [5.41, 5.74) is 1.18. The van der Waals surface area contributed by atoms with Crippen molar-refractivity contribution in [2.75, 3.05) is 6.54 Å². The number of fused-ring (bicyclic) bond motifs is 1. The fourth-order valence-corrected chi connectivity index (χ4v) is 3.38. The van der Waals surface area contributed by atoms with Gasteiger partial charge in [0.15, 0.2) is 0 Å². The van der Waals surface area contributed by atoms with Gasteiger partial charge in [0.05, 0.1) is 11.1 Å². The first-order valence-corrected chi connectivity index (χ1v) is 8.37. The van der Waals surface area contributed by atoms with Gasteiger partial charge in [-0.1, -0.05) is 40.0 Å². The molecule has 4 heteroatoms. The van der Waals surface area contributed by atoms with Crippen LogP contribution < -0.4 is 0 Å². The van der Waals surface area contributed by atoms with Crippen LogP contribution in [0.15, 0.2) is 10.8 Å². The minimum absolute atomic E-state index is 0.111. The van der Waals surface area contributed by atoms with Crippen LogP contribution in [0.1, 0.15) is 67.2 Å². The van der Waals surface area contributed by atoms with Crippen LogP contribution >= 0.6 is 11.3 Å². The van der Waals surface area contributed by atoms with Crippen molar-refractivity contribution in [3.63, 3.8) is 0 Å². The quantitative estimate of drug-likeness (QED) is 0.707. The van der Waals surface area contributed by atoms with Crippen LogP contribution in [-0.4, -0.2) is 23.3 Å². The molecule has 0 fully saturated rings. The van der Waals surface area contributed by atoms with E-state index in [9.17, 15) is 9.59 Å². The molecule has 0 bridgehead atoms. The lowest BCUT2D eigenvalue weighted by atomic mass is 9.97. The molecule has 1 aliphatic heterocycles. The maximum atomic E-state index is 12.1. The van der Waals surface area contributed by atoms with E-state index in [1.54, 1.807) is 10.8 Å². The van der Waals surface area contributed by atoms with E-state index in [4.69, 9.17) is 0 Å². The monoisotopic (exact) mass is 293 g/mol. The lowest BCUT2D eigenvalue weighted by molar-refractivity contribution is 0.0646. The maximum Gasteiger partial charge on any atom is 0.262 e. The van der Waals surface area contributed by atoms with Crippen LogP contribution in [0.2, 0.25) is 0 Å². The second kappa shape index (κ2) is 6.53. The molecule has 0 radical (unpaired) electrons. The average Bonchev–Trinajstić information content (AvgIpc) is 2.93. The van der Waals surface area contributed by atoms with Gasteiger partial charge in [0.25, 0.3) is 11.8 Å². The Morgan fingerprint density at radius 2 is 1.60 bits per heavy atom. The van der Waals surface area contributed by atoms with E-state index >= 15 is 0 Å². The summed E-state index contributed by atoms with van der Waals surface area (Å²) in [6.07, 6.45) is 4.56. The van der Waals surface area contributed by atoms with Crippen molar-refractivity contribution in [1.29, 1.82) is 0 Å². The molecule has 0 aliphatic carbocycles. The molecule has 1 unspecified atom stereocenters. The van der Waals surface area contributed by atoms with E-state index in [-0.39, 0.29) is 11.8 Å². The predicted molar refractivity (Wildman–Crippen MR) is 82.2 cm³/mol. The topological polar surface area (TPSA) is 37.4 Å². The smallest absolute Gasteiger partial charge is 0.262 e. The number of thiophene rings is 1. The minimum Gasteiger partial charge on any atom is -0.274 e. The van der Waals surface area contributed by atoms with Crippen molar-refractivity contribution in [1.82, 2.24) is 4.90 Å². The Balaban J connectivity index is 1.79. The van der Waals surface area contributed by atoms with Crippen LogP contribution in [-0.2, 0) is 0 Å². The van der Waals surface area contributed by atoms with Gasteiger partial charge in [0.1, 0.15) is 0 Å². The van der Waals surface area contributed by atoms with Gasteiger partial charge in [-0.2, -0.15) is 11.3 Å². The molecule has 2 rings (SSSR count). The number of amides is 2. The molecule has 1 atom stereocenters. The molecule has 20 heavy (non-hydrogen) atoms. The van der Waals surface area contributed by atoms with Crippen molar-refractivity contribution in [3.05, 3.63) is 21.9 Å². The van der Waals surface area contributed by atoms with Gasteiger partial charge in [-0.25, -0.2) is 0 Å². The van der Waals surface area contributed by atoms with Gasteiger partial charge < -0.3 is 0 Å². The summed E-state index contributed by atoms with van der Waals surface area (Å²) in [7, 11) is 0. The highest BCUT2D eigenvalue weighted by atomic mass is 32.1. The number of hydrogen-bond acceptors (Lipinski definition) is 3. The minimum atomic E-state index is -0.111. The summed E-state index contributed by atoms with van der Waals surface area (Å²) in [5, 5.41) is 3.56. The van der Waals surface area contributed by atoms with Crippen molar-refractivity contribution in [2.24, 2.45) is 11.8 Å². The van der Waals surface area contributed by atoms with E-state index in [0.717, 1.165) is 12.3 Å². The third-order valence-electron chi connectivity index (χ3n) is 3.94. The van der Waals surface area contributed by atoms with Crippen molar-refractivity contribution >= 4 is 23.2 Å². The Bertz CT molecular complexity index is 462. The van der Waals surface area contributed by atoms with E-state index < -0.39 is 0 Å². The summed E-state index contributed by atoms with van der Waals surface area (Å²) in [6, 6.07) is 0. The SMILES string of the molecule is CC(C)CCCC(C)CCN1C(=O)c2cscc2C1=O. The number of hydrogen-bond donors (Lipinski definition) is 0. The fourth-order valence-electron chi connectivity index (χ4n) is 2.58. The summed E-state index contributed by atoms with van der Waals surface area (Å²) in [4.78, 5) is 25.6. The third-order valence-corrected chi connectivity index (χ3v) is 4.68. The molecule has 3 nitrogen and oxygen atoms in total. The van der Waals surface area contributed by atoms with Crippen LogP contribution in [0.25, 0.3) is 0 Å². The molecule has 1 aromatic rings. The first-order chi connectivity index (χ1) is 9.50. The third kappa shape index (κ3) is 3.29. The molecule has 2 amide bonds. The molecule has 110 valence electrons. The Labute approximate surface area is 125 Å². The van der Waals surface area contributed by atoms with E-state index in [1.165, 1.54) is 35.5 Å². The van der Waals surface area contributed by atoms with Crippen molar-refractivity contribution in [3.8, 4) is 0 Å². The number of carbonyl (C=O) groups excluding carboxylic acids is 2. The van der Waals surface area contributed by atoms with Crippen molar-refractivity contribution in [2.45, 2.75) is 46.5 Å². The second-order valence-electron chi connectivity index (χ2n) is 6.18. The molecule has 0 saturated carbocycles. The van der Waals surface area contributed by atoms with Gasteiger partial charge >= 0.3 is 0 Å². The number of imide groups is 1. The average molecular weight is 293 g/mol. The van der Waals surface area contributed by atoms with Gasteiger partial charge in [0, 0.05) is 17.3 Å². The predicted octanol–water partition coefficient (Wildman–Crippen LogP) is 4.20. The molecule has 0 saturated heterocycles. The van der Waals surface area contributed by atoms with Gasteiger partial charge in [-0.3, -0.25) is 14.5 Å². The van der Waals surface area contributed by atoms with E-state index in [0.29, 0.717) is 23.6 Å². The summed E-state index contributed by atoms with van der Waals surface area (Å²) < 4.78 is 0. The zero-order valence-electron chi connectivity index (χ0n) is 12.5. The highest BCUT2D eigenvalue weighted by molar-refractivity contribution is 7.08. The number of nitrogens with zero attached hydrogens (tertiary/aromatic N) is 1. The molecule has 2 heterocycles. The lowest BCUT2D eigenvalue weighted by Gasteiger charge is -2.17. The zero-order chi connectivity index (χ0) is 14.7. The molecule has 1 aromatic heterocycles. The molecule has 0 N–H and O–H groups in total. The standard InChI is InChI=1S/C16H23NO2S/c1-11(2)5-4-6-12(3)7-8-17-15(18)13-9-20-10-14(13)16(17)19/h9-12H,4-8H2,1-3H3. The lowest BCUT2D eigenvalue weighted by Crippen LogP contribution is -2.31. The molecule has 0 spiro atoms. The maximum absolute atomic E-state index is 12.1. The van der Waals surface area contributed by atoms with Crippen LogP contribution in [0, 0.1) is 11.8 Å². The Kier molecular flexibility index (Phi) is 4.97. The summed E-state index contributed by atoms with van der Waals surface area (Å²) in [5.74, 6) is 1.09. The van der Waals surface area contributed by atoms with Crippen LogP contribution in [0.3, 0.4) is 0 Å². The summed E-state index contributed by atoms with van der Waals surface area (Å²) in [6.45, 7) is 7.25. The van der Waals surface area contributed by atoms with E-state index in [2.05, 4.69) is 20.8 Å². The molecular weight excluding hydrogens is 270 g/mol. The fraction of sp³-hybridized carbons (Fsp3) is 0.625. The van der Waals surface area contributed by atoms with Crippen LogP contribution in [0.5, 0.6) is 0 Å². The summed E-state index contributed by atoms with van der Waals surface area (Å²) >= 11 is 1.42. The second-order valence-corrected chi connectivity index (χ2v) is 6.92. The van der Waals surface area contributed by atoms with Gasteiger partial charge in [-0.15, -0.1) is 0 Å². The molecular formula is C16H23NO2S. The zero-order valence-corrected chi connectivity index (χ0v) is 13.3. The first-order valence-electron chi connectivity index (χ1n) is 7.43. The van der Waals surface area contributed by atoms with Crippen molar-refractivity contribution < 1.29 is 9.59 Å². The largest absolute Gasteiger partial charge is 0.274 e. The Hall–Kier alpha value is -1.16. The highest BCUT2D eigenvalue weighted by Gasteiger charge is 2.35. The normalized spacial score (nSPS) is 16.1. The Morgan fingerprint density at radius 3 is 2.15 bits per heavy atom. The number of rotatable bonds is 7. The van der Waals surface area contributed by atoms with Crippen LogP contribution in [0.4, 0.5) is 0 Å². The molecule has 1 aliphatic rings.